The number of ether oxygens (including phenoxy) is 1. The Morgan fingerprint density at radius 1 is 1.32 bits per heavy atom. The molecule has 2 N–H and O–H groups in total. The molecule has 1 fully saturated rings. The normalized spacial score (nSPS) is 17.8. The second-order valence-corrected chi connectivity index (χ2v) is 5.53. The maximum Gasteiger partial charge on any atom is 0.335 e. The second kappa shape index (κ2) is 7.79. The maximum atomic E-state index is 12.0. The fourth-order valence-electron chi connectivity index (χ4n) is 2.42. The van der Waals surface area contributed by atoms with E-state index >= 15 is 0 Å². The van der Waals surface area contributed by atoms with Gasteiger partial charge in [0.1, 0.15) is 0 Å². The van der Waals surface area contributed by atoms with E-state index in [1.807, 2.05) is 0 Å². The number of amides is 2. The fraction of sp³-hybridized carbons (Fsp3) is 0.500. The number of hydrogen-bond acceptors (Lipinski definition) is 3. The molecule has 0 aliphatic carbocycles. The molecule has 1 atom stereocenters. The van der Waals surface area contributed by atoms with Crippen molar-refractivity contribution in [1.82, 2.24) is 10.2 Å². The number of rotatable bonds is 5. The van der Waals surface area contributed by atoms with Crippen molar-refractivity contribution >= 4 is 12.0 Å². The Bertz CT molecular complexity index is 509. The van der Waals surface area contributed by atoms with Crippen LogP contribution >= 0.6 is 0 Å². The molecular weight excluding hydrogens is 284 g/mol. The summed E-state index contributed by atoms with van der Waals surface area (Å²) in [6.45, 7) is 1.73. The molecule has 6 nitrogen and oxygen atoms in total. The summed E-state index contributed by atoms with van der Waals surface area (Å²) in [6.07, 6.45) is 3.36. The highest BCUT2D eigenvalue weighted by atomic mass is 16.5. The van der Waals surface area contributed by atoms with Crippen LogP contribution in [0.5, 0.6) is 0 Å². The quantitative estimate of drug-likeness (QED) is 0.873. The standard InChI is InChI=1S/C16H22N2O4/c1-18(11-14-4-2-3-9-22-14)16(21)17-10-12-5-7-13(8-6-12)15(19)20/h5-8,14H,2-4,9-11H2,1H3,(H,17,21)(H,19,20). The van der Waals surface area contributed by atoms with Gasteiger partial charge in [-0.1, -0.05) is 12.1 Å². The first kappa shape index (κ1) is 16.3. The summed E-state index contributed by atoms with van der Waals surface area (Å²) in [5.41, 5.74) is 1.10. The van der Waals surface area contributed by atoms with Crippen LogP contribution in [0.1, 0.15) is 35.2 Å². The molecule has 1 aromatic rings. The molecule has 1 aromatic carbocycles. The van der Waals surface area contributed by atoms with Gasteiger partial charge in [0.05, 0.1) is 11.7 Å². The third-order valence-corrected chi connectivity index (χ3v) is 3.74. The number of carbonyl (C=O) groups is 2. The first-order valence-corrected chi connectivity index (χ1v) is 7.49. The van der Waals surface area contributed by atoms with E-state index in [1.165, 1.54) is 12.1 Å². The van der Waals surface area contributed by atoms with E-state index in [9.17, 15) is 9.59 Å². The maximum absolute atomic E-state index is 12.0. The number of urea groups is 1. The average molecular weight is 306 g/mol. The highest BCUT2D eigenvalue weighted by Crippen LogP contribution is 2.13. The Balaban J connectivity index is 1.77. The number of benzene rings is 1. The monoisotopic (exact) mass is 306 g/mol. The largest absolute Gasteiger partial charge is 0.478 e. The number of nitrogens with one attached hydrogen (secondary N) is 1. The van der Waals surface area contributed by atoms with Crippen LogP contribution in [0, 0.1) is 0 Å². The first-order valence-electron chi connectivity index (χ1n) is 7.49. The lowest BCUT2D eigenvalue weighted by molar-refractivity contribution is 0.00385. The van der Waals surface area contributed by atoms with Gasteiger partial charge < -0.3 is 20.1 Å². The van der Waals surface area contributed by atoms with E-state index < -0.39 is 5.97 Å². The second-order valence-electron chi connectivity index (χ2n) is 5.53. The van der Waals surface area contributed by atoms with Gasteiger partial charge in [-0.2, -0.15) is 0 Å². The first-order chi connectivity index (χ1) is 10.6. The van der Waals surface area contributed by atoms with E-state index in [0.717, 1.165) is 31.4 Å². The van der Waals surface area contributed by atoms with Gasteiger partial charge in [-0.05, 0) is 37.0 Å². The van der Waals surface area contributed by atoms with Crippen LogP contribution in [0.3, 0.4) is 0 Å². The van der Waals surface area contributed by atoms with Crippen molar-refractivity contribution in [3.05, 3.63) is 35.4 Å². The molecule has 0 saturated carbocycles. The minimum absolute atomic E-state index is 0.124. The molecule has 6 heteroatoms. The van der Waals surface area contributed by atoms with Crippen LogP contribution in [0.25, 0.3) is 0 Å². The minimum atomic E-state index is -0.956. The van der Waals surface area contributed by atoms with Crippen molar-refractivity contribution in [2.24, 2.45) is 0 Å². The number of likely N-dealkylation sites (N-methyl/N-ethyl adjacent to an activating group) is 1. The molecule has 0 bridgehead atoms. The molecule has 120 valence electrons. The molecule has 1 aliphatic rings. The van der Waals surface area contributed by atoms with Crippen molar-refractivity contribution < 1.29 is 19.4 Å². The van der Waals surface area contributed by atoms with Crippen molar-refractivity contribution in [2.45, 2.75) is 31.9 Å². The predicted molar refractivity (Wildman–Crippen MR) is 81.9 cm³/mol. The van der Waals surface area contributed by atoms with Crippen molar-refractivity contribution in [3.8, 4) is 0 Å². The summed E-state index contributed by atoms with van der Waals surface area (Å²) in [7, 11) is 1.75. The summed E-state index contributed by atoms with van der Waals surface area (Å²) in [5.74, 6) is -0.956. The van der Waals surface area contributed by atoms with Gasteiger partial charge in [0.15, 0.2) is 0 Å². The van der Waals surface area contributed by atoms with Crippen LogP contribution in [-0.2, 0) is 11.3 Å². The average Bonchev–Trinajstić information content (AvgIpc) is 2.53. The Morgan fingerprint density at radius 2 is 2.05 bits per heavy atom. The number of nitrogens with zero attached hydrogens (tertiary/aromatic N) is 1. The Kier molecular flexibility index (Phi) is 5.77. The lowest BCUT2D eigenvalue weighted by atomic mass is 10.1. The molecule has 0 spiro atoms. The van der Waals surface area contributed by atoms with Gasteiger partial charge in [0, 0.05) is 26.7 Å². The Labute approximate surface area is 130 Å². The zero-order valence-electron chi connectivity index (χ0n) is 12.7. The molecule has 2 amide bonds. The molecule has 1 heterocycles. The van der Waals surface area contributed by atoms with E-state index in [4.69, 9.17) is 9.84 Å². The topological polar surface area (TPSA) is 78.9 Å². The summed E-state index contributed by atoms with van der Waals surface area (Å²) < 4.78 is 5.62. The van der Waals surface area contributed by atoms with Crippen LogP contribution in [0.15, 0.2) is 24.3 Å². The van der Waals surface area contributed by atoms with E-state index in [2.05, 4.69) is 5.32 Å². The molecular formula is C16H22N2O4. The van der Waals surface area contributed by atoms with Crippen LogP contribution in [-0.4, -0.2) is 48.3 Å². The van der Waals surface area contributed by atoms with Gasteiger partial charge in [-0.15, -0.1) is 0 Å². The number of carbonyl (C=O) groups excluding carboxylic acids is 1. The lowest BCUT2D eigenvalue weighted by Gasteiger charge is -2.27. The van der Waals surface area contributed by atoms with E-state index in [1.54, 1.807) is 24.1 Å². The van der Waals surface area contributed by atoms with Gasteiger partial charge in [-0.3, -0.25) is 0 Å². The Morgan fingerprint density at radius 3 is 2.64 bits per heavy atom. The number of aromatic carboxylic acids is 1. The smallest absolute Gasteiger partial charge is 0.335 e. The molecule has 22 heavy (non-hydrogen) atoms. The molecule has 0 aromatic heterocycles. The highest BCUT2D eigenvalue weighted by molar-refractivity contribution is 5.87. The van der Waals surface area contributed by atoms with Gasteiger partial charge in [0.25, 0.3) is 0 Å². The number of hydrogen-bond donors (Lipinski definition) is 2. The van der Waals surface area contributed by atoms with Crippen LogP contribution < -0.4 is 5.32 Å². The fourth-order valence-corrected chi connectivity index (χ4v) is 2.42. The summed E-state index contributed by atoms with van der Waals surface area (Å²) in [5, 5.41) is 11.7. The van der Waals surface area contributed by atoms with Crippen molar-refractivity contribution in [1.29, 1.82) is 0 Å². The van der Waals surface area contributed by atoms with Gasteiger partial charge >= 0.3 is 12.0 Å². The summed E-state index contributed by atoms with van der Waals surface area (Å²) in [4.78, 5) is 24.4. The van der Waals surface area contributed by atoms with Crippen molar-refractivity contribution in [3.63, 3.8) is 0 Å². The summed E-state index contributed by atoms with van der Waals surface area (Å²) in [6, 6.07) is 6.31. The van der Waals surface area contributed by atoms with E-state index in [-0.39, 0.29) is 17.7 Å². The molecule has 1 unspecified atom stereocenters. The molecule has 1 saturated heterocycles. The lowest BCUT2D eigenvalue weighted by Crippen LogP contribution is -2.42. The Hall–Kier alpha value is -2.08. The number of carboxylic acids is 1. The third kappa shape index (κ3) is 4.73. The van der Waals surface area contributed by atoms with Gasteiger partial charge in [0.2, 0.25) is 0 Å². The predicted octanol–water partition coefficient (Wildman–Crippen LogP) is 2.10. The molecule has 0 radical (unpaired) electrons. The SMILES string of the molecule is CN(CC1CCCCO1)C(=O)NCc1ccc(C(=O)O)cc1. The van der Waals surface area contributed by atoms with Crippen LogP contribution in [0.2, 0.25) is 0 Å². The van der Waals surface area contributed by atoms with Gasteiger partial charge in [-0.25, -0.2) is 9.59 Å². The highest BCUT2D eigenvalue weighted by Gasteiger charge is 2.18. The summed E-state index contributed by atoms with van der Waals surface area (Å²) >= 11 is 0. The molecule has 2 rings (SSSR count). The molecule has 1 aliphatic heterocycles. The third-order valence-electron chi connectivity index (χ3n) is 3.74. The number of carboxylic acid groups (broad SMARTS) is 1. The zero-order chi connectivity index (χ0) is 15.9. The minimum Gasteiger partial charge on any atom is -0.478 e. The zero-order valence-corrected chi connectivity index (χ0v) is 12.7. The van der Waals surface area contributed by atoms with Crippen molar-refractivity contribution in [2.75, 3.05) is 20.2 Å². The van der Waals surface area contributed by atoms with E-state index in [0.29, 0.717) is 13.1 Å². The van der Waals surface area contributed by atoms with Crippen LogP contribution in [0.4, 0.5) is 4.79 Å².